The number of aromatic hydroxyl groups is 2. The van der Waals surface area contributed by atoms with Gasteiger partial charge in [-0.3, -0.25) is 4.79 Å². The summed E-state index contributed by atoms with van der Waals surface area (Å²) in [5.74, 6) is -2.92. The van der Waals surface area contributed by atoms with Crippen LogP contribution >= 0.6 is 23.0 Å². The van der Waals surface area contributed by atoms with Crippen LogP contribution < -0.4 is 0 Å². The minimum atomic E-state index is -1.69. The average molecular weight is 652 g/mol. The van der Waals surface area contributed by atoms with Gasteiger partial charge in [0, 0.05) is 17.9 Å². The number of rotatable bonds is 9. The molecule has 0 radical (unpaired) electrons. The van der Waals surface area contributed by atoms with Crippen LogP contribution in [0.3, 0.4) is 0 Å². The zero-order valence-corrected chi connectivity index (χ0v) is 22.3. The van der Waals surface area contributed by atoms with Crippen molar-refractivity contribution >= 4 is 34.9 Å². The van der Waals surface area contributed by atoms with Crippen molar-refractivity contribution < 1.29 is 62.2 Å². The number of aliphatic hydroxyl groups is 4. The minimum Gasteiger partial charge on any atom is -0.504 e. The molecule has 1 fully saturated rings. The zero-order valence-electron chi connectivity index (χ0n) is 20.2. The van der Waals surface area contributed by atoms with E-state index in [0.717, 1.165) is 6.26 Å². The van der Waals surface area contributed by atoms with Crippen LogP contribution in [-0.2, 0) is 38.0 Å². The van der Waals surface area contributed by atoms with Gasteiger partial charge in [0.1, 0.15) is 24.4 Å². The molecule has 0 spiro atoms. The van der Waals surface area contributed by atoms with Crippen LogP contribution in [0.5, 0.6) is 11.5 Å². The van der Waals surface area contributed by atoms with Gasteiger partial charge in [0.2, 0.25) is 6.29 Å². The molecule has 0 saturated carbocycles. The van der Waals surface area contributed by atoms with E-state index in [-0.39, 0.29) is 36.5 Å². The molecule has 7 atom stereocenters. The van der Waals surface area contributed by atoms with E-state index < -0.39 is 61.5 Å². The van der Waals surface area contributed by atoms with Crippen molar-refractivity contribution in [3.8, 4) is 11.5 Å². The summed E-state index contributed by atoms with van der Waals surface area (Å²) in [6, 6.07) is 4.23. The van der Waals surface area contributed by atoms with Crippen molar-refractivity contribution in [1.82, 2.24) is 0 Å². The second kappa shape index (κ2) is 13.5. The van der Waals surface area contributed by atoms with Gasteiger partial charge >= 0.3 is 11.9 Å². The topological polar surface area (TPSA) is 202 Å². The highest BCUT2D eigenvalue weighted by atomic mass is 127. The van der Waals surface area contributed by atoms with Crippen LogP contribution in [0.25, 0.3) is 0 Å². The SMILES string of the molecule is C/C=C1/[C@H](O[C@@H]2O[C@H](CO)[C@@H](O)[C@H](O)[C@H]2O)OC=C(C(=O)OI)[C@H]1CC(=O)OCCc1ccc(O)c(O)c1. The molecule has 1 saturated heterocycles. The molecule has 0 bridgehead atoms. The summed E-state index contributed by atoms with van der Waals surface area (Å²) in [5, 5.41) is 58.8. The maximum Gasteiger partial charge on any atom is 0.347 e. The zero-order chi connectivity index (χ0) is 28.0. The number of hydrogen-bond donors (Lipinski definition) is 6. The predicted molar refractivity (Wildman–Crippen MR) is 134 cm³/mol. The van der Waals surface area contributed by atoms with Crippen LogP contribution in [0.4, 0.5) is 0 Å². The number of ether oxygens (including phenoxy) is 4. The highest BCUT2D eigenvalue weighted by Gasteiger charge is 2.46. The molecule has 1 aromatic carbocycles. The Morgan fingerprint density at radius 2 is 1.84 bits per heavy atom. The van der Waals surface area contributed by atoms with E-state index in [1.165, 1.54) is 35.1 Å². The number of aliphatic hydroxyl groups excluding tert-OH is 4. The molecule has 3 rings (SSSR count). The fraction of sp³-hybridized carbons (Fsp3) is 0.500. The van der Waals surface area contributed by atoms with Gasteiger partial charge in [-0.15, -0.1) is 0 Å². The first-order valence-corrected chi connectivity index (χ1v) is 12.5. The third kappa shape index (κ3) is 6.93. The van der Waals surface area contributed by atoms with Crippen molar-refractivity contribution in [3.63, 3.8) is 0 Å². The van der Waals surface area contributed by atoms with Crippen molar-refractivity contribution in [3.05, 3.63) is 47.2 Å². The lowest BCUT2D eigenvalue weighted by molar-refractivity contribution is -0.327. The normalized spacial score (nSPS) is 30.3. The van der Waals surface area contributed by atoms with Crippen LogP contribution in [0, 0.1) is 5.92 Å². The Bertz CT molecular complexity index is 1060. The van der Waals surface area contributed by atoms with Gasteiger partial charge < -0.3 is 52.7 Å². The molecule has 0 aromatic heterocycles. The molecule has 210 valence electrons. The Hall–Kier alpha value is -2.47. The summed E-state index contributed by atoms with van der Waals surface area (Å²) in [6.07, 6.45) is -6.41. The Kier molecular flexibility index (Phi) is 10.7. The van der Waals surface area contributed by atoms with E-state index in [1.807, 2.05) is 0 Å². The molecule has 6 N–H and O–H groups in total. The molecule has 14 heteroatoms. The van der Waals surface area contributed by atoms with Gasteiger partial charge in [-0.25, -0.2) is 4.79 Å². The third-order valence-corrected chi connectivity index (χ3v) is 6.58. The quantitative estimate of drug-likeness (QED) is 0.0908. The second-order valence-electron chi connectivity index (χ2n) is 8.58. The van der Waals surface area contributed by atoms with E-state index in [4.69, 9.17) is 22.0 Å². The summed E-state index contributed by atoms with van der Waals surface area (Å²) in [5.41, 5.74) is 0.915. The summed E-state index contributed by atoms with van der Waals surface area (Å²) in [7, 11) is 0. The first-order valence-electron chi connectivity index (χ1n) is 11.6. The maximum absolute atomic E-state index is 12.7. The second-order valence-corrected chi connectivity index (χ2v) is 9.02. The molecule has 0 aliphatic carbocycles. The van der Waals surface area contributed by atoms with E-state index in [9.17, 15) is 40.2 Å². The van der Waals surface area contributed by atoms with Gasteiger partial charge in [-0.2, -0.15) is 0 Å². The fourth-order valence-corrected chi connectivity index (χ4v) is 4.34. The van der Waals surface area contributed by atoms with Gasteiger partial charge in [-0.1, -0.05) is 12.1 Å². The summed E-state index contributed by atoms with van der Waals surface area (Å²) in [4.78, 5) is 25.1. The lowest BCUT2D eigenvalue weighted by Crippen LogP contribution is -2.60. The van der Waals surface area contributed by atoms with Gasteiger partial charge in [0.25, 0.3) is 0 Å². The molecule has 2 aliphatic rings. The van der Waals surface area contributed by atoms with Gasteiger partial charge in [0.05, 0.1) is 31.5 Å². The Labute approximate surface area is 231 Å². The first kappa shape index (κ1) is 30.1. The molecule has 38 heavy (non-hydrogen) atoms. The third-order valence-electron chi connectivity index (χ3n) is 6.18. The van der Waals surface area contributed by atoms with Crippen LogP contribution in [0.2, 0.25) is 0 Å². The van der Waals surface area contributed by atoms with Crippen LogP contribution in [-0.4, -0.2) is 92.8 Å². The number of hydrogen-bond acceptors (Lipinski definition) is 13. The molecular weight excluding hydrogens is 623 g/mol. The number of phenols is 2. The molecule has 0 unspecified atom stereocenters. The molecule has 1 aromatic rings. The maximum atomic E-state index is 12.7. The highest BCUT2D eigenvalue weighted by molar-refractivity contribution is 14.1. The molecule has 2 heterocycles. The summed E-state index contributed by atoms with van der Waals surface area (Å²) < 4.78 is 26.7. The van der Waals surface area contributed by atoms with Gasteiger partial charge in [0.15, 0.2) is 40.8 Å². The van der Waals surface area contributed by atoms with Crippen molar-refractivity contribution in [2.45, 2.75) is 56.8 Å². The van der Waals surface area contributed by atoms with Crippen molar-refractivity contribution in [2.75, 3.05) is 13.2 Å². The van der Waals surface area contributed by atoms with Gasteiger partial charge in [-0.05, 0) is 24.6 Å². The smallest absolute Gasteiger partial charge is 0.347 e. The van der Waals surface area contributed by atoms with E-state index >= 15 is 0 Å². The minimum absolute atomic E-state index is 0.00144. The Morgan fingerprint density at radius 1 is 1.11 bits per heavy atom. The Balaban J connectivity index is 1.71. The monoisotopic (exact) mass is 652 g/mol. The standard InChI is InChI=1S/C24H29IO13/c1-2-12-13(8-18(29)34-6-5-11-3-4-15(27)16(28)7-11)14(22(33)38-25)10-35-23(12)37-24-21(32)20(31)19(30)17(9-26)36-24/h2-4,7,10,13,17,19-21,23-24,26-28,30-32H,5-6,8-9H2,1H3/b12-2+/t13-,17+,19+,20-,21+,23-,24-/m0/s1. The molecule has 13 nitrogen and oxygen atoms in total. The largest absolute Gasteiger partial charge is 0.504 e. The first-order chi connectivity index (χ1) is 18.1. The number of carbonyl (C=O) groups is 2. The predicted octanol–water partition coefficient (Wildman–Crippen LogP) is 0.0860. The lowest BCUT2D eigenvalue weighted by atomic mass is 9.86. The van der Waals surface area contributed by atoms with E-state index in [0.29, 0.717) is 11.1 Å². The summed E-state index contributed by atoms with van der Waals surface area (Å²) in [6.45, 7) is 0.908. The lowest BCUT2D eigenvalue weighted by Gasteiger charge is -2.41. The summed E-state index contributed by atoms with van der Waals surface area (Å²) >= 11 is 1.40. The number of halogens is 1. The van der Waals surface area contributed by atoms with Crippen molar-refractivity contribution in [2.24, 2.45) is 5.92 Å². The molecule has 0 amide bonds. The average Bonchev–Trinajstić information content (AvgIpc) is 2.90. The van der Waals surface area contributed by atoms with Crippen molar-refractivity contribution in [1.29, 1.82) is 0 Å². The molecule has 2 aliphatic heterocycles. The van der Waals surface area contributed by atoms with Crippen LogP contribution in [0.1, 0.15) is 18.9 Å². The number of phenolic OH excluding ortho intramolecular Hbond substituents is 2. The fourth-order valence-electron chi connectivity index (χ4n) is 4.08. The number of benzene rings is 1. The highest BCUT2D eigenvalue weighted by Crippen LogP contribution is 2.36. The van der Waals surface area contributed by atoms with E-state index in [2.05, 4.69) is 0 Å². The molecular formula is C24H29IO13. The number of allylic oxidation sites excluding steroid dienone is 1. The number of carbonyl (C=O) groups excluding carboxylic acids is 2. The van der Waals surface area contributed by atoms with E-state index in [1.54, 1.807) is 19.1 Å². The Morgan fingerprint density at radius 3 is 2.47 bits per heavy atom. The number of esters is 1. The van der Waals surface area contributed by atoms with Crippen LogP contribution in [0.15, 0.2) is 41.7 Å².